The Labute approximate surface area is 147 Å². The highest BCUT2D eigenvalue weighted by Gasteiger charge is 2.28. The number of sulfonamides is 1. The maximum absolute atomic E-state index is 12.7. The Morgan fingerprint density at radius 1 is 1.28 bits per heavy atom. The highest BCUT2D eigenvalue weighted by Crippen LogP contribution is 2.29. The lowest BCUT2D eigenvalue weighted by atomic mass is 10.0. The molecule has 3 rings (SSSR count). The first kappa shape index (κ1) is 17.9. The van der Waals surface area contributed by atoms with E-state index >= 15 is 0 Å². The largest absolute Gasteiger partial charge is 0.355 e. The van der Waals surface area contributed by atoms with E-state index in [4.69, 9.17) is 0 Å². The summed E-state index contributed by atoms with van der Waals surface area (Å²) in [6.07, 6.45) is 3.67. The van der Waals surface area contributed by atoms with Crippen molar-refractivity contribution in [2.24, 2.45) is 0 Å². The topological polar surface area (TPSA) is 95.6 Å². The molecule has 25 heavy (non-hydrogen) atoms. The van der Waals surface area contributed by atoms with Crippen LogP contribution in [-0.2, 0) is 26.0 Å². The predicted octanol–water partition coefficient (Wildman–Crippen LogP) is 0.933. The zero-order valence-electron chi connectivity index (χ0n) is 14.2. The fourth-order valence-corrected chi connectivity index (χ4v) is 4.65. The lowest BCUT2D eigenvalue weighted by Crippen LogP contribution is -2.45. The summed E-state index contributed by atoms with van der Waals surface area (Å²) in [6, 6.07) is 4.05. The van der Waals surface area contributed by atoms with Gasteiger partial charge in [0.25, 0.3) is 0 Å². The lowest BCUT2D eigenvalue weighted by Gasteiger charge is -2.29. The van der Waals surface area contributed by atoms with Crippen LogP contribution in [0, 0.1) is 0 Å². The van der Waals surface area contributed by atoms with E-state index in [-0.39, 0.29) is 16.7 Å². The molecular weight excluding hydrogens is 342 g/mol. The minimum Gasteiger partial charge on any atom is -0.355 e. The van der Waals surface area contributed by atoms with Crippen molar-refractivity contribution in [3.8, 4) is 0 Å². The molecule has 2 aliphatic heterocycles. The van der Waals surface area contributed by atoms with Crippen LogP contribution in [0.25, 0.3) is 0 Å². The van der Waals surface area contributed by atoms with E-state index in [2.05, 4.69) is 10.0 Å². The van der Waals surface area contributed by atoms with Crippen LogP contribution in [0.15, 0.2) is 23.1 Å². The van der Waals surface area contributed by atoms with Gasteiger partial charge in [0.05, 0.1) is 4.90 Å². The Balaban J connectivity index is 1.85. The second-order valence-electron chi connectivity index (χ2n) is 6.53. The number of fused-ring (bicyclic) bond motifs is 1. The van der Waals surface area contributed by atoms with Crippen LogP contribution in [0.5, 0.6) is 0 Å². The van der Waals surface area contributed by atoms with Crippen molar-refractivity contribution in [1.29, 1.82) is 0 Å². The number of nitrogens with zero attached hydrogens (tertiary/aromatic N) is 1. The zero-order chi connectivity index (χ0) is 18.0. The van der Waals surface area contributed by atoms with Crippen LogP contribution in [0.3, 0.4) is 0 Å². The first-order valence-electron chi connectivity index (χ1n) is 8.59. The van der Waals surface area contributed by atoms with Crippen molar-refractivity contribution in [2.45, 2.75) is 50.0 Å². The van der Waals surface area contributed by atoms with E-state index in [0.29, 0.717) is 19.5 Å². The van der Waals surface area contributed by atoms with Crippen molar-refractivity contribution >= 4 is 27.5 Å². The summed E-state index contributed by atoms with van der Waals surface area (Å²) >= 11 is 0. The number of carbonyl (C=O) groups is 2. The molecule has 2 aliphatic rings. The number of benzene rings is 1. The molecule has 0 bridgehead atoms. The van der Waals surface area contributed by atoms with E-state index in [1.165, 1.54) is 13.0 Å². The van der Waals surface area contributed by atoms with Gasteiger partial charge in [-0.3, -0.25) is 9.59 Å². The van der Waals surface area contributed by atoms with Crippen molar-refractivity contribution in [1.82, 2.24) is 10.0 Å². The molecule has 8 heteroatoms. The number of hydrogen-bond acceptors (Lipinski definition) is 4. The Bertz CT molecular complexity index is 791. The van der Waals surface area contributed by atoms with E-state index in [1.807, 2.05) is 0 Å². The van der Waals surface area contributed by atoms with Gasteiger partial charge in [-0.05, 0) is 55.9 Å². The van der Waals surface area contributed by atoms with Crippen molar-refractivity contribution < 1.29 is 18.0 Å². The molecule has 1 aromatic rings. The Kier molecular flexibility index (Phi) is 5.10. The molecule has 1 atom stereocenters. The molecule has 1 unspecified atom stereocenters. The molecule has 1 aromatic carbocycles. The van der Waals surface area contributed by atoms with E-state index in [0.717, 1.165) is 36.9 Å². The minimum atomic E-state index is -3.79. The van der Waals surface area contributed by atoms with E-state index in [1.54, 1.807) is 17.0 Å². The highest BCUT2D eigenvalue weighted by molar-refractivity contribution is 7.89. The number of hydrogen-bond donors (Lipinski definition) is 2. The van der Waals surface area contributed by atoms with Gasteiger partial charge in [-0.1, -0.05) is 0 Å². The third-order valence-corrected chi connectivity index (χ3v) is 6.16. The van der Waals surface area contributed by atoms with Crippen molar-refractivity contribution in [3.63, 3.8) is 0 Å². The maximum atomic E-state index is 12.7. The Hall–Kier alpha value is -1.93. The van der Waals surface area contributed by atoms with Crippen LogP contribution in [0.2, 0.25) is 0 Å². The SMILES string of the molecule is CC(=O)N1CCCc2cc(S(=O)(=O)NC3CCCCNC3=O)ccc21. The summed E-state index contributed by atoms with van der Waals surface area (Å²) in [6.45, 7) is 2.73. The van der Waals surface area contributed by atoms with Gasteiger partial charge in [0.1, 0.15) is 6.04 Å². The van der Waals surface area contributed by atoms with Gasteiger partial charge >= 0.3 is 0 Å². The molecule has 1 fully saturated rings. The molecule has 2 heterocycles. The fraction of sp³-hybridized carbons (Fsp3) is 0.529. The van der Waals surface area contributed by atoms with E-state index < -0.39 is 16.1 Å². The summed E-state index contributed by atoms with van der Waals surface area (Å²) in [5.74, 6) is -0.327. The van der Waals surface area contributed by atoms with Gasteiger partial charge in [-0.15, -0.1) is 0 Å². The van der Waals surface area contributed by atoms with Gasteiger partial charge in [-0.2, -0.15) is 4.72 Å². The first-order valence-corrected chi connectivity index (χ1v) is 10.1. The van der Waals surface area contributed by atoms with Crippen molar-refractivity contribution in [2.75, 3.05) is 18.0 Å². The van der Waals surface area contributed by atoms with Gasteiger partial charge in [0, 0.05) is 25.7 Å². The number of anilines is 1. The van der Waals surface area contributed by atoms with Crippen LogP contribution < -0.4 is 14.9 Å². The van der Waals surface area contributed by atoms with Crippen molar-refractivity contribution in [3.05, 3.63) is 23.8 Å². The number of carbonyl (C=O) groups excluding carboxylic acids is 2. The molecule has 0 aromatic heterocycles. The van der Waals surface area contributed by atoms with Crippen LogP contribution >= 0.6 is 0 Å². The second-order valence-corrected chi connectivity index (χ2v) is 8.24. The molecule has 0 aliphatic carbocycles. The van der Waals surface area contributed by atoms with Crippen LogP contribution in [0.4, 0.5) is 5.69 Å². The molecule has 2 N–H and O–H groups in total. The summed E-state index contributed by atoms with van der Waals surface area (Å²) < 4.78 is 27.9. The molecule has 0 saturated carbocycles. The normalized spacial score (nSPS) is 21.2. The van der Waals surface area contributed by atoms with Gasteiger partial charge in [0.15, 0.2) is 0 Å². The van der Waals surface area contributed by atoms with Crippen LogP contribution in [0.1, 0.15) is 38.2 Å². The molecule has 136 valence electrons. The first-order chi connectivity index (χ1) is 11.9. The standard InChI is InChI=1S/C17H23N3O4S/c1-12(21)20-10-4-5-13-11-14(7-8-16(13)20)25(23,24)19-15-6-2-3-9-18-17(15)22/h7-8,11,15,19H,2-6,9-10H2,1H3,(H,18,22). The highest BCUT2D eigenvalue weighted by atomic mass is 32.2. The monoisotopic (exact) mass is 365 g/mol. The third kappa shape index (κ3) is 3.85. The molecule has 2 amide bonds. The average Bonchev–Trinajstić information content (AvgIpc) is 2.78. The quantitative estimate of drug-likeness (QED) is 0.833. The molecule has 7 nitrogen and oxygen atoms in total. The summed E-state index contributed by atoms with van der Waals surface area (Å²) in [4.78, 5) is 25.5. The summed E-state index contributed by atoms with van der Waals surface area (Å²) in [5, 5.41) is 2.73. The Morgan fingerprint density at radius 3 is 2.84 bits per heavy atom. The molecule has 1 saturated heterocycles. The lowest BCUT2D eigenvalue weighted by molar-refractivity contribution is -0.122. The third-order valence-electron chi connectivity index (χ3n) is 4.69. The predicted molar refractivity (Wildman–Crippen MR) is 93.8 cm³/mol. The number of rotatable bonds is 3. The molecule has 0 radical (unpaired) electrons. The van der Waals surface area contributed by atoms with Gasteiger partial charge in [0.2, 0.25) is 21.8 Å². The zero-order valence-corrected chi connectivity index (χ0v) is 15.1. The number of amides is 2. The number of aryl methyl sites for hydroxylation is 1. The number of nitrogens with one attached hydrogen (secondary N) is 2. The Morgan fingerprint density at radius 2 is 2.08 bits per heavy atom. The van der Waals surface area contributed by atoms with Gasteiger partial charge in [-0.25, -0.2) is 8.42 Å². The van der Waals surface area contributed by atoms with E-state index in [9.17, 15) is 18.0 Å². The second kappa shape index (κ2) is 7.13. The summed E-state index contributed by atoms with van der Waals surface area (Å²) in [7, 11) is -3.79. The summed E-state index contributed by atoms with van der Waals surface area (Å²) in [5.41, 5.74) is 1.61. The smallest absolute Gasteiger partial charge is 0.241 e. The molecule has 0 spiro atoms. The fourth-order valence-electron chi connectivity index (χ4n) is 3.37. The minimum absolute atomic E-state index is 0.0511. The van der Waals surface area contributed by atoms with Gasteiger partial charge < -0.3 is 10.2 Å². The van der Waals surface area contributed by atoms with Crippen LogP contribution in [-0.4, -0.2) is 39.4 Å². The average molecular weight is 365 g/mol. The molecular formula is C17H23N3O4S. The maximum Gasteiger partial charge on any atom is 0.241 e.